The standard InChI is InChI=1S/C32H30BrN5O6S2/c1-6-8-22-27(30(40)44-7-2)28(21-16-20(33)10-11-24(21)43-5)37-29(39)26(46-32(37)36-22)15-19-9-12-25(23(14-19)38(41)42)45-31-34-17(3)13-18(4)35-31/h9-16,28H,6-8H2,1-5H3/b26-15-/t28-/m1/s1. The molecule has 0 aliphatic carbocycles. The van der Waals surface area contributed by atoms with Crippen LogP contribution in [0.2, 0.25) is 0 Å². The topological polar surface area (TPSA) is 139 Å². The minimum Gasteiger partial charge on any atom is -0.496 e. The van der Waals surface area contributed by atoms with Gasteiger partial charge in [0.15, 0.2) is 9.96 Å². The summed E-state index contributed by atoms with van der Waals surface area (Å²) in [5.41, 5.74) is 2.82. The monoisotopic (exact) mass is 723 g/mol. The lowest BCUT2D eigenvalue weighted by Gasteiger charge is -2.27. The molecular weight excluding hydrogens is 694 g/mol. The third-order valence-electron chi connectivity index (χ3n) is 7.02. The van der Waals surface area contributed by atoms with Gasteiger partial charge in [0.1, 0.15) is 11.8 Å². The first kappa shape index (κ1) is 33.2. The number of allylic oxidation sites excluding steroid dienone is 1. The summed E-state index contributed by atoms with van der Waals surface area (Å²) < 4.78 is 13.7. The second kappa shape index (κ2) is 14.1. The fourth-order valence-electron chi connectivity index (χ4n) is 5.18. The Balaban J connectivity index is 1.69. The maximum Gasteiger partial charge on any atom is 0.338 e. The molecule has 14 heteroatoms. The number of hydrogen-bond acceptors (Lipinski definition) is 11. The van der Waals surface area contributed by atoms with Gasteiger partial charge in [-0.1, -0.05) is 46.7 Å². The van der Waals surface area contributed by atoms with E-state index in [1.54, 1.807) is 31.2 Å². The van der Waals surface area contributed by atoms with E-state index in [4.69, 9.17) is 14.5 Å². The van der Waals surface area contributed by atoms with Crippen molar-refractivity contribution in [1.82, 2.24) is 14.5 Å². The number of nitro groups is 1. The Morgan fingerprint density at radius 3 is 2.54 bits per heavy atom. The molecule has 46 heavy (non-hydrogen) atoms. The van der Waals surface area contributed by atoms with E-state index in [0.717, 1.165) is 39.0 Å². The number of carbonyl (C=O) groups excluding carboxylic acids is 1. The summed E-state index contributed by atoms with van der Waals surface area (Å²) in [7, 11) is 1.53. The van der Waals surface area contributed by atoms with Crippen LogP contribution >= 0.6 is 39.0 Å². The second-order valence-electron chi connectivity index (χ2n) is 10.3. The summed E-state index contributed by atoms with van der Waals surface area (Å²) in [6, 6.07) is 11.1. The Morgan fingerprint density at radius 1 is 1.15 bits per heavy atom. The Morgan fingerprint density at radius 2 is 1.89 bits per heavy atom. The predicted molar refractivity (Wildman–Crippen MR) is 179 cm³/mol. The molecule has 0 fully saturated rings. The summed E-state index contributed by atoms with van der Waals surface area (Å²) in [6.45, 7) is 7.53. The number of methoxy groups -OCH3 is 1. The third-order valence-corrected chi connectivity index (χ3v) is 9.43. The molecule has 0 saturated carbocycles. The van der Waals surface area contributed by atoms with Crippen molar-refractivity contribution >= 4 is 56.8 Å². The molecule has 1 aliphatic rings. The molecule has 0 bridgehead atoms. The fraction of sp³-hybridized carbons (Fsp3) is 0.281. The van der Waals surface area contributed by atoms with Crippen LogP contribution in [-0.2, 0) is 9.53 Å². The highest BCUT2D eigenvalue weighted by molar-refractivity contribution is 9.10. The Hall–Kier alpha value is -4.14. The number of aryl methyl sites for hydroxylation is 2. The van der Waals surface area contributed by atoms with Crippen LogP contribution in [0.4, 0.5) is 5.69 Å². The van der Waals surface area contributed by atoms with Crippen LogP contribution in [0.25, 0.3) is 6.08 Å². The van der Waals surface area contributed by atoms with Crippen LogP contribution in [0, 0.1) is 24.0 Å². The van der Waals surface area contributed by atoms with Crippen molar-refractivity contribution in [2.45, 2.75) is 56.6 Å². The van der Waals surface area contributed by atoms with Gasteiger partial charge in [-0.15, -0.1) is 0 Å². The number of esters is 1. The van der Waals surface area contributed by atoms with Crippen molar-refractivity contribution in [3.05, 3.63) is 111 Å². The van der Waals surface area contributed by atoms with Crippen LogP contribution in [0.3, 0.4) is 0 Å². The van der Waals surface area contributed by atoms with Crippen LogP contribution in [0.5, 0.6) is 5.75 Å². The van der Waals surface area contributed by atoms with E-state index >= 15 is 0 Å². The molecule has 4 aromatic rings. The zero-order valence-electron chi connectivity index (χ0n) is 25.7. The van der Waals surface area contributed by atoms with Crippen LogP contribution in [-0.4, -0.2) is 39.1 Å². The zero-order chi connectivity index (χ0) is 33.1. The molecule has 3 heterocycles. The maximum atomic E-state index is 14.2. The summed E-state index contributed by atoms with van der Waals surface area (Å²) in [5.74, 6) is -0.0775. The van der Waals surface area contributed by atoms with Crippen molar-refractivity contribution in [3.63, 3.8) is 0 Å². The molecule has 1 aliphatic heterocycles. The third kappa shape index (κ3) is 6.83. The van der Waals surface area contributed by atoms with Crippen LogP contribution < -0.4 is 19.6 Å². The number of fused-ring (bicyclic) bond motifs is 1. The molecule has 238 valence electrons. The van der Waals surface area contributed by atoms with Gasteiger partial charge < -0.3 is 9.47 Å². The molecule has 0 unspecified atom stereocenters. The lowest BCUT2D eigenvalue weighted by Crippen LogP contribution is -2.40. The smallest absolute Gasteiger partial charge is 0.338 e. The quantitative estimate of drug-likeness (QED) is 0.0858. The largest absolute Gasteiger partial charge is 0.496 e. The maximum absolute atomic E-state index is 14.2. The van der Waals surface area contributed by atoms with E-state index in [1.165, 1.54) is 17.7 Å². The Kier molecular flexibility index (Phi) is 10.2. The summed E-state index contributed by atoms with van der Waals surface area (Å²) >= 11 is 5.77. The number of nitrogens with zero attached hydrogens (tertiary/aromatic N) is 5. The molecule has 2 aromatic carbocycles. The summed E-state index contributed by atoms with van der Waals surface area (Å²) in [4.78, 5) is 53.6. The molecule has 11 nitrogen and oxygen atoms in total. The van der Waals surface area contributed by atoms with Gasteiger partial charge in [0.05, 0.1) is 39.3 Å². The van der Waals surface area contributed by atoms with Gasteiger partial charge in [-0.2, -0.15) is 0 Å². The number of rotatable bonds is 10. The Labute approximate surface area is 281 Å². The first-order valence-corrected chi connectivity index (χ1v) is 16.8. The number of aromatic nitrogens is 3. The number of hydrogen-bond donors (Lipinski definition) is 0. The normalized spacial score (nSPS) is 14.6. The number of carbonyl (C=O) groups is 1. The number of benzene rings is 2. The van der Waals surface area contributed by atoms with Gasteiger partial charge in [-0.3, -0.25) is 19.5 Å². The first-order valence-electron chi connectivity index (χ1n) is 14.4. The molecular formula is C32H30BrN5O6S2. The van der Waals surface area contributed by atoms with Crippen LogP contribution in [0.1, 0.15) is 55.2 Å². The van der Waals surface area contributed by atoms with E-state index in [2.05, 4.69) is 25.9 Å². The van der Waals surface area contributed by atoms with E-state index in [0.29, 0.717) is 54.8 Å². The van der Waals surface area contributed by atoms with E-state index in [9.17, 15) is 19.7 Å². The van der Waals surface area contributed by atoms with Crippen LogP contribution in [0.15, 0.2) is 78.0 Å². The number of thiazole rings is 1. The number of nitro benzene ring substituents is 1. The molecule has 5 rings (SSSR count). The SMILES string of the molecule is CCCC1=C(C(=O)OCC)[C@@H](c2cc(Br)ccc2OC)n2c(s/c(=C\c3ccc(Sc4nc(C)cc(C)n4)c([N+](=O)[O-])c3)c2=O)=N1. The van der Waals surface area contributed by atoms with Gasteiger partial charge in [0, 0.05) is 27.5 Å². The first-order chi connectivity index (χ1) is 22.0. The summed E-state index contributed by atoms with van der Waals surface area (Å²) in [6.07, 6.45) is 2.79. The van der Waals surface area contributed by atoms with Crippen molar-refractivity contribution in [2.24, 2.45) is 4.99 Å². The summed E-state index contributed by atoms with van der Waals surface area (Å²) in [5, 5.41) is 12.5. The fourth-order valence-corrected chi connectivity index (χ4v) is 7.52. The van der Waals surface area contributed by atoms with E-state index in [-0.39, 0.29) is 17.9 Å². The van der Waals surface area contributed by atoms with E-state index in [1.807, 2.05) is 39.0 Å². The highest BCUT2D eigenvalue weighted by Gasteiger charge is 2.36. The Bertz CT molecular complexity index is 2050. The number of halogens is 1. The van der Waals surface area contributed by atoms with Gasteiger partial charge >= 0.3 is 5.97 Å². The number of ether oxygens (including phenoxy) is 2. The highest BCUT2D eigenvalue weighted by atomic mass is 79.9. The van der Waals surface area contributed by atoms with Crippen molar-refractivity contribution in [1.29, 1.82) is 0 Å². The predicted octanol–water partition coefficient (Wildman–Crippen LogP) is 5.82. The molecule has 0 N–H and O–H groups in total. The molecule has 0 amide bonds. The van der Waals surface area contributed by atoms with Crippen molar-refractivity contribution in [3.8, 4) is 5.75 Å². The lowest BCUT2D eigenvalue weighted by atomic mass is 9.93. The van der Waals surface area contributed by atoms with Gasteiger partial charge in [-0.05, 0) is 80.9 Å². The van der Waals surface area contributed by atoms with Crippen molar-refractivity contribution < 1.29 is 19.2 Å². The molecule has 0 radical (unpaired) electrons. The average Bonchev–Trinajstić information content (AvgIpc) is 3.30. The van der Waals surface area contributed by atoms with Gasteiger partial charge in [0.2, 0.25) is 0 Å². The molecule has 0 saturated heterocycles. The van der Waals surface area contributed by atoms with Gasteiger partial charge in [0.25, 0.3) is 11.2 Å². The minimum atomic E-state index is -0.877. The highest BCUT2D eigenvalue weighted by Crippen LogP contribution is 2.38. The molecule has 0 spiro atoms. The molecule has 1 atom stereocenters. The van der Waals surface area contributed by atoms with E-state index < -0.39 is 22.5 Å². The van der Waals surface area contributed by atoms with Gasteiger partial charge in [-0.25, -0.2) is 19.8 Å². The molecule has 2 aromatic heterocycles. The minimum absolute atomic E-state index is 0.138. The second-order valence-corrected chi connectivity index (χ2v) is 13.3. The lowest BCUT2D eigenvalue weighted by molar-refractivity contribution is -0.387. The zero-order valence-corrected chi connectivity index (χ0v) is 28.9. The van der Waals surface area contributed by atoms with Crippen molar-refractivity contribution in [2.75, 3.05) is 13.7 Å². The average molecular weight is 725 g/mol.